The van der Waals surface area contributed by atoms with Crippen molar-refractivity contribution in [1.29, 1.82) is 5.41 Å². The minimum absolute atomic E-state index is 0.000625. The number of carbonyl (C=O) groups excluding carboxylic acids is 1. The van der Waals surface area contributed by atoms with E-state index in [1.165, 1.54) is 6.08 Å². The average Bonchev–Trinajstić information content (AvgIpc) is 2.15. The molecule has 0 aliphatic heterocycles. The monoisotopic (exact) mass is 189 g/mol. The molecule has 1 aromatic rings. The lowest BCUT2D eigenvalue weighted by Gasteiger charge is -1.98. The molecule has 0 spiro atoms. The molecular formula is C10H11N3O. The van der Waals surface area contributed by atoms with Crippen molar-refractivity contribution in [3.8, 4) is 0 Å². The van der Waals surface area contributed by atoms with Crippen LogP contribution in [0, 0.1) is 5.41 Å². The van der Waals surface area contributed by atoms with Gasteiger partial charge in [-0.1, -0.05) is 18.2 Å². The predicted molar refractivity (Wildman–Crippen MR) is 55.7 cm³/mol. The van der Waals surface area contributed by atoms with Crippen LogP contribution in [-0.4, -0.2) is 11.7 Å². The van der Waals surface area contributed by atoms with Gasteiger partial charge < -0.3 is 11.5 Å². The molecule has 1 aromatic carbocycles. The van der Waals surface area contributed by atoms with E-state index < -0.39 is 5.91 Å². The number of hydrogen-bond acceptors (Lipinski definition) is 2. The molecule has 1 rings (SSSR count). The SMILES string of the molecule is N=C(N)c1cccc(/C=C\C(N)=O)c1. The van der Waals surface area contributed by atoms with E-state index in [4.69, 9.17) is 16.9 Å². The quantitative estimate of drug-likeness (QED) is 0.366. The number of nitrogen functional groups attached to an aromatic ring is 1. The van der Waals surface area contributed by atoms with Crippen LogP contribution in [0.2, 0.25) is 0 Å². The van der Waals surface area contributed by atoms with Gasteiger partial charge in [-0.3, -0.25) is 10.2 Å². The van der Waals surface area contributed by atoms with Crippen molar-refractivity contribution in [2.45, 2.75) is 0 Å². The Morgan fingerprint density at radius 3 is 2.64 bits per heavy atom. The smallest absolute Gasteiger partial charge is 0.241 e. The van der Waals surface area contributed by atoms with Crippen molar-refractivity contribution in [2.24, 2.45) is 11.5 Å². The van der Waals surface area contributed by atoms with Gasteiger partial charge in [-0.2, -0.15) is 0 Å². The minimum Gasteiger partial charge on any atom is -0.384 e. The van der Waals surface area contributed by atoms with Crippen LogP contribution >= 0.6 is 0 Å². The number of nitrogens with two attached hydrogens (primary N) is 2. The number of benzene rings is 1. The van der Waals surface area contributed by atoms with E-state index in [1.807, 2.05) is 0 Å². The molecule has 0 fully saturated rings. The molecule has 0 saturated heterocycles. The van der Waals surface area contributed by atoms with E-state index in [-0.39, 0.29) is 5.84 Å². The van der Waals surface area contributed by atoms with Crippen molar-refractivity contribution in [3.63, 3.8) is 0 Å². The Labute approximate surface area is 81.7 Å². The molecule has 0 aromatic heterocycles. The molecule has 0 heterocycles. The molecule has 0 bridgehead atoms. The summed E-state index contributed by atoms with van der Waals surface area (Å²) in [6, 6.07) is 7.00. The average molecular weight is 189 g/mol. The summed E-state index contributed by atoms with van der Waals surface area (Å²) < 4.78 is 0. The van der Waals surface area contributed by atoms with Crippen molar-refractivity contribution < 1.29 is 4.79 Å². The highest BCUT2D eigenvalue weighted by molar-refractivity contribution is 5.96. The number of carbonyl (C=O) groups is 1. The Balaban J connectivity index is 2.94. The van der Waals surface area contributed by atoms with Crippen LogP contribution in [0.3, 0.4) is 0 Å². The van der Waals surface area contributed by atoms with Crippen molar-refractivity contribution in [1.82, 2.24) is 0 Å². The molecule has 0 aliphatic rings. The first-order chi connectivity index (χ1) is 6.59. The fourth-order valence-corrected chi connectivity index (χ4v) is 0.988. The van der Waals surface area contributed by atoms with Gasteiger partial charge in [-0.05, 0) is 17.7 Å². The number of hydrogen-bond donors (Lipinski definition) is 3. The summed E-state index contributed by atoms with van der Waals surface area (Å²) in [7, 11) is 0. The molecule has 5 N–H and O–H groups in total. The molecular weight excluding hydrogens is 178 g/mol. The maximum atomic E-state index is 10.5. The first kappa shape index (κ1) is 9.98. The zero-order chi connectivity index (χ0) is 10.6. The first-order valence-corrected chi connectivity index (χ1v) is 4.01. The van der Waals surface area contributed by atoms with Gasteiger partial charge >= 0.3 is 0 Å². The Morgan fingerprint density at radius 1 is 1.36 bits per heavy atom. The standard InChI is InChI=1S/C10H11N3O/c11-9(14)5-4-7-2-1-3-8(6-7)10(12)13/h1-6H,(H2,11,14)(H3,12,13)/b5-4-. The third-order valence-corrected chi connectivity index (χ3v) is 1.64. The van der Waals surface area contributed by atoms with Gasteiger partial charge in [0.1, 0.15) is 5.84 Å². The normalized spacial score (nSPS) is 10.3. The Kier molecular flexibility index (Phi) is 3.01. The maximum Gasteiger partial charge on any atom is 0.241 e. The summed E-state index contributed by atoms with van der Waals surface area (Å²) in [4.78, 5) is 10.5. The molecule has 0 atom stereocenters. The minimum atomic E-state index is -0.502. The number of nitrogens with one attached hydrogen (secondary N) is 1. The van der Waals surface area contributed by atoms with E-state index in [9.17, 15) is 4.79 Å². The Morgan fingerprint density at radius 2 is 2.07 bits per heavy atom. The fraction of sp³-hybridized carbons (Fsp3) is 0. The highest BCUT2D eigenvalue weighted by atomic mass is 16.1. The Bertz CT molecular complexity index is 396. The molecule has 4 nitrogen and oxygen atoms in total. The predicted octanol–water partition coefficient (Wildman–Crippen LogP) is 0.469. The number of rotatable bonds is 3. The lowest BCUT2D eigenvalue weighted by Crippen LogP contribution is -2.10. The highest BCUT2D eigenvalue weighted by Crippen LogP contribution is 2.06. The van der Waals surface area contributed by atoms with Crippen molar-refractivity contribution in [3.05, 3.63) is 41.5 Å². The molecule has 72 valence electrons. The van der Waals surface area contributed by atoms with E-state index in [2.05, 4.69) is 0 Å². The second-order valence-corrected chi connectivity index (χ2v) is 2.77. The Hall–Kier alpha value is -2.10. The van der Waals surface area contributed by atoms with Crippen LogP contribution in [0.15, 0.2) is 30.3 Å². The summed E-state index contributed by atoms with van der Waals surface area (Å²) in [5.41, 5.74) is 11.7. The zero-order valence-corrected chi connectivity index (χ0v) is 7.53. The third-order valence-electron chi connectivity index (χ3n) is 1.64. The van der Waals surface area contributed by atoms with Crippen molar-refractivity contribution >= 4 is 17.8 Å². The second kappa shape index (κ2) is 4.23. The van der Waals surface area contributed by atoms with Crippen LogP contribution in [0.1, 0.15) is 11.1 Å². The van der Waals surface area contributed by atoms with Gasteiger partial charge in [0.25, 0.3) is 0 Å². The van der Waals surface area contributed by atoms with Gasteiger partial charge in [0.2, 0.25) is 5.91 Å². The van der Waals surface area contributed by atoms with Crippen molar-refractivity contribution in [2.75, 3.05) is 0 Å². The highest BCUT2D eigenvalue weighted by Gasteiger charge is 1.95. The third kappa shape index (κ3) is 2.75. The van der Waals surface area contributed by atoms with Crippen LogP contribution in [0.25, 0.3) is 6.08 Å². The number of amides is 1. The molecule has 0 saturated carbocycles. The zero-order valence-electron chi connectivity index (χ0n) is 7.53. The van der Waals surface area contributed by atoms with Crippen LogP contribution < -0.4 is 11.5 Å². The largest absolute Gasteiger partial charge is 0.384 e. The first-order valence-electron chi connectivity index (χ1n) is 4.01. The fourth-order valence-electron chi connectivity index (χ4n) is 0.988. The summed E-state index contributed by atoms with van der Waals surface area (Å²) >= 11 is 0. The lowest BCUT2D eigenvalue weighted by atomic mass is 10.1. The van der Waals surface area contributed by atoms with E-state index in [1.54, 1.807) is 30.3 Å². The lowest BCUT2D eigenvalue weighted by molar-refractivity contribution is -0.113. The van der Waals surface area contributed by atoms with E-state index >= 15 is 0 Å². The molecule has 4 heteroatoms. The van der Waals surface area contributed by atoms with E-state index in [0.717, 1.165) is 5.56 Å². The van der Waals surface area contributed by atoms with Gasteiger partial charge in [0.05, 0.1) is 0 Å². The number of primary amides is 1. The summed E-state index contributed by atoms with van der Waals surface area (Å²) in [6.45, 7) is 0. The van der Waals surface area contributed by atoms with Gasteiger partial charge in [-0.15, -0.1) is 0 Å². The van der Waals surface area contributed by atoms with E-state index in [0.29, 0.717) is 5.56 Å². The topological polar surface area (TPSA) is 93.0 Å². The summed E-state index contributed by atoms with van der Waals surface area (Å²) in [5, 5.41) is 7.21. The maximum absolute atomic E-state index is 10.5. The second-order valence-electron chi connectivity index (χ2n) is 2.77. The molecule has 1 amide bonds. The summed E-state index contributed by atoms with van der Waals surface area (Å²) in [6.07, 6.45) is 2.84. The van der Waals surface area contributed by atoms with Gasteiger partial charge in [0.15, 0.2) is 0 Å². The molecule has 0 aliphatic carbocycles. The summed E-state index contributed by atoms with van der Waals surface area (Å²) in [5.74, 6) is -0.502. The van der Waals surface area contributed by atoms with Gasteiger partial charge in [0, 0.05) is 11.6 Å². The molecule has 0 radical (unpaired) electrons. The molecule has 14 heavy (non-hydrogen) atoms. The van der Waals surface area contributed by atoms with Gasteiger partial charge in [-0.25, -0.2) is 0 Å². The molecule has 0 unspecified atom stereocenters. The van der Waals surface area contributed by atoms with Crippen LogP contribution in [0.5, 0.6) is 0 Å². The van der Waals surface area contributed by atoms with Crippen LogP contribution in [0.4, 0.5) is 0 Å². The number of amidine groups is 1. The van der Waals surface area contributed by atoms with Crippen LogP contribution in [-0.2, 0) is 4.79 Å².